The highest BCUT2D eigenvalue weighted by molar-refractivity contribution is 5.82. The minimum absolute atomic E-state index is 0.0591. The summed E-state index contributed by atoms with van der Waals surface area (Å²) < 4.78 is 0. The van der Waals surface area contributed by atoms with Crippen LogP contribution in [0.2, 0.25) is 0 Å². The minimum Gasteiger partial charge on any atom is -0.351 e. The molecule has 1 aliphatic heterocycles. The van der Waals surface area contributed by atoms with Gasteiger partial charge in [-0.3, -0.25) is 4.79 Å². The zero-order valence-corrected chi connectivity index (χ0v) is 7.29. The van der Waals surface area contributed by atoms with Gasteiger partial charge in [-0.15, -0.1) is 0 Å². The van der Waals surface area contributed by atoms with E-state index in [0.717, 1.165) is 0 Å². The second-order valence-electron chi connectivity index (χ2n) is 3.30. The predicted molar refractivity (Wildman–Crippen MR) is 50.0 cm³/mol. The summed E-state index contributed by atoms with van der Waals surface area (Å²) in [6, 6.07) is 7.59. The number of hydrogen-bond acceptors (Lipinski definition) is 2. The molecule has 0 saturated carbocycles. The van der Waals surface area contributed by atoms with Gasteiger partial charge in [0.15, 0.2) is 0 Å². The van der Waals surface area contributed by atoms with Gasteiger partial charge in [0.2, 0.25) is 5.91 Å². The fourth-order valence-corrected chi connectivity index (χ4v) is 1.57. The fraction of sp³-hybridized carbons (Fsp3) is 0.300. The molecule has 0 unspecified atom stereocenters. The molecular weight excluding hydrogens is 164 g/mol. The molecule has 1 amide bonds. The van der Waals surface area contributed by atoms with E-state index in [1.54, 1.807) is 0 Å². The molecule has 1 aliphatic rings. The first-order valence-electron chi connectivity index (χ1n) is 4.37. The smallest absolute Gasteiger partial charge is 0.237 e. The summed E-state index contributed by atoms with van der Waals surface area (Å²) >= 11 is 0. The summed E-state index contributed by atoms with van der Waals surface area (Å²) in [7, 11) is 0. The van der Waals surface area contributed by atoms with Gasteiger partial charge in [0.05, 0.1) is 6.04 Å². The lowest BCUT2D eigenvalue weighted by atomic mass is 10.0. The van der Waals surface area contributed by atoms with Crippen molar-refractivity contribution in [1.82, 2.24) is 5.32 Å². The molecule has 0 bridgehead atoms. The SMILES string of the molecule is N[C@@H]1Cc2ccccc2CNC1=O. The number of rotatable bonds is 0. The molecule has 2 rings (SSSR count). The molecule has 0 aromatic heterocycles. The molecule has 13 heavy (non-hydrogen) atoms. The lowest BCUT2D eigenvalue weighted by molar-refractivity contribution is -0.122. The zero-order valence-electron chi connectivity index (χ0n) is 7.29. The zero-order chi connectivity index (χ0) is 9.26. The second kappa shape index (κ2) is 3.18. The molecule has 0 fully saturated rings. The van der Waals surface area contributed by atoms with E-state index in [1.807, 2.05) is 24.3 Å². The summed E-state index contributed by atoms with van der Waals surface area (Å²) in [6.07, 6.45) is 0.641. The highest BCUT2D eigenvalue weighted by atomic mass is 16.2. The minimum atomic E-state index is -0.399. The third-order valence-corrected chi connectivity index (χ3v) is 2.35. The molecule has 0 aliphatic carbocycles. The van der Waals surface area contributed by atoms with Gasteiger partial charge in [0.1, 0.15) is 0 Å². The molecule has 1 atom stereocenters. The Balaban J connectivity index is 2.35. The molecule has 0 saturated heterocycles. The average Bonchev–Trinajstić information content (AvgIpc) is 2.28. The quantitative estimate of drug-likeness (QED) is 0.592. The van der Waals surface area contributed by atoms with Gasteiger partial charge in [-0.1, -0.05) is 24.3 Å². The van der Waals surface area contributed by atoms with Crippen LogP contribution < -0.4 is 11.1 Å². The van der Waals surface area contributed by atoms with Gasteiger partial charge in [-0.05, 0) is 17.5 Å². The van der Waals surface area contributed by atoms with Gasteiger partial charge < -0.3 is 11.1 Å². The van der Waals surface area contributed by atoms with Crippen molar-refractivity contribution in [2.24, 2.45) is 5.73 Å². The van der Waals surface area contributed by atoms with E-state index in [-0.39, 0.29) is 5.91 Å². The van der Waals surface area contributed by atoms with Gasteiger partial charge in [0, 0.05) is 6.54 Å². The van der Waals surface area contributed by atoms with Crippen molar-refractivity contribution in [2.75, 3.05) is 0 Å². The number of fused-ring (bicyclic) bond motifs is 1. The van der Waals surface area contributed by atoms with Gasteiger partial charge >= 0.3 is 0 Å². The summed E-state index contributed by atoms with van der Waals surface area (Å²) in [4.78, 5) is 11.2. The molecule has 1 heterocycles. The summed E-state index contributed by atoms with van der Waals surface area (Å²) in [5.74, 6) is -0.0591. The van der Waals surface area contributed by atoms with Crippen LogP contribution in [0.5, 0.6) is 0 Å². The molecule has 0 radical (unpaired) electrons. The lowest BCUT2D eigenvalue weighted by Crippen LogP contribution is -2.39. The molecular formula is C10H12N2O. The van der Waals surface area contributed by atoms with Crippen LogP contribution in [-0.2, 0) is 17.8 Å². The van der Waals surface area contributed by atoms with Crippen molar-refractivity contribution in [2.45, 2.75) is 19.0 Å². The van der Waals surface area contributed by atoms with E-state index < -0.39 is 6.04 Å². The topological polar surface area (TPSA) is 55.1 Å². The fourth-order valence-electron chi connectivity index (χ4n) is 1.57. The van der Waals surface area contributed by atoms with Crippen LogP contribution in [0, 0.1) is 0 Å². The van der Waals surface area contributed by atoms with Crippen molar-refractivity contribution in [3.8, 4) is 0 Å². The molecule has 1 aromatic rings. The van der Waals surface area contributed by atoms with Crippen molar-refractivity contribution in [3.63, 3.8) is 0 Å². The Bertz CT molecular complexity index is 335. The number of carbonyl (C=O) groups is 1. The Kier molecular flexibility index (Phi) is 2.02. The molecule has 68 valence electrons. The summed E-state index contributed by atoms with van der Waals surface area (Å²) in [5.41, 5.74) is 8.03. The van der Waals surface area contributed by atoms with Crippen molar-refractivity contribution in [3.05, 3.63) is 35.4 Å². The molecule has 3 nitrogen and oxygen atoms in total. The molecule has 3 heteroatoms. The lowest BCUT2D eigenvalue weighted by Gasteiger charge is -2.05. The average molecular weight is 176 g/mol. The Morgan fingerprint density at radius 1 is 1.31 bits per heavy atom. The van der Waals surface area contributed by atoms with Crippen LogP contribution in [-0.4, -0.2) is 11.9 Å². The maximum Gasteiger partial charge on any atom is 0.237 e. The van der Waals surface area contributed by atoms with Crippen LogP contribution in [0.4, 0.5) is 0 Å². The highest BCUT2D eigenvalue weighted by Crippen LogP contribution is 2.13. The number of benzene rings is 1. The van der Waals surface area contributed by atoms with Crippen LogP contribution in [0.25, 0.3) is 0 Å². The second-order valence-corrected chi connectivity index (χ2v) is 3.30. The molecule has 0 spiro atoms. The Morgan fingerprint density at radius 2 is 2.00 bits per heavy atom. The molecule has 1 aromatic carbocycles. The van der Waals surface area contributed by atoms with E-state index >= 15 is 0 Å². The third kappa shape index (κ3) is 1.55. The number of nitrogens with two attached hydrogens (primary N) is 1. The first kappa shape index (κ1) is 8.26. The van der Waals surface area contributed by atoms with Crippen LogP contribution in [0.15, 0.2) is 24.3 Å². The number of amides is 1. The van der Waals surface area contributed by atoms with E-state index in [9.17, 15) is 4.79 Å². The van der Waals surface area contributed by atoms with E-state index in [4.69, 9.17) is 5.73 Å². The maximum atomic E-state index is 11.2. The van der Waals surface area contributed by atoms with Gasteiger partial charge in [-0.25, -0.2) is 0 Å². The normalized spacial score (nSPS) is 21.6. The predicted octanol–water partition coefficient (Wildman–Crippen LogP) is 0.186. The van der Waals surface area contributed by atoms with Gasteiger partial charge in [-0.2, -0.15) is 0 Å². The van der Waals surface area contributed by atoms with Crippen molar-refractivity contribution < 1.29 is 4.79 Å². The van der Waals surface area contributed by atoms with Crippen LogP contribution in [0.1, 0.15) is 11.1 Å². The summed E-state index contributed by atoms with van der Waals surface area (Å²) in [5, 5.41) is 2.79. The van der Waals surface area contributed by atoms with Crippen LogP contribution in [0.3, 0.4) is 0 Å². The first-order chi connectivity index (χ1) is 6.27. The largest absolute Gasteiger partial charge is 0.351 e. The third-order valence-electron chi connectivity index (χ3n) is 2.35. The standard InChI is InChI=1S/C10H12N2O/c11-9-5-7-3-1-2-4-8(7)6-12-10(9)13/h1-4,9H,5-6,11H2,(H,12,13)/t9-/m1/s1. The van der Waals surface area contributed by atoms with Gasteiger partial charge in [0.25, 0.3) is 0 Å². The Hall–Kier alpha value is -1.35. The Morgan fingerprint density at radius 3 is 2.77 bits per heavy atom. The van der Waals surface area contributed by atoms with Crippen LogP contribution >= 0.6 is 0 Å². The Labute approximate surface area is 76.9 Å². The van der Waals surface area contributed by atoms with Crippen molar-refractivity contribution >= 4 is 5.91 Å². The van der Waals surface area contributed by atoms with E-state index in [1.165, 1.54) is 11.1 Å². The number of carbonyl (C=O) groups excluding carboxylic acids is 1. The van der Waals surface area contributed by atoms with E-state index in [0.29, 0.717) is 13.0 Å². The molecule has 3 N–H and O–H groups in total. The number of nitrogens with one attached hydrogen (secondary N) is 1. The number of hydrogen-bond donors (Lipinski definition) is 2. The highest BCUT2D eigenvalue weighted by Gasteiger charge is 2.19. The first-order valence-corrected chi connectivity index (χ1v) is 4.37. The maximum absolute atomic E-state index is 11.2. The summed E-state index contributed by atoms with van der Waals surface area (Å²) in [6.45, 7) is 0.600. The monoisotopic (exact) mass is 176 g/mol. The van der Waals surface area contributed by atoms with E-state index in [2.05, 4.69) is 5.32 Å². The van der Waals surface area contributed by atoms with Crippen molar-refractivity contribution in [1.29, 1.82) is 0 Å².